The summed E-state index contributed by atoms with van der Waals surface area (Å²) < 4.78 is 0. The quantitative estimate of drug-likeness (QED) is 0.765. The molecule has 98 valence electrons. The van der Waals surface area contributed by atoms with Crippen LogP contribution < -0.4 is 0 Å². The first-order valence-electron chi connectivity index (χ1n) is 7.39. The molecule has 0 heterocycles. The number of rotatable bonds is 4. The Kier molecular flexibility index (Phi) is 3.05. The van der Waals surface area contributed by atoms with Gasteiger partial charge in [0.25, 0.3) is 0 Å². The van der Waals surface area contributed by atoms with Gasteiger partial charge in [0, 0.05) is 12.5 Å². The van der Waals surface area contributed by atoms with E-state index in [1.807, 2.05) is 11.8 Å². The van der Waals surface area contributed by atoms with Gasteiger partial charge < -0.3 is 4.90 Å². The lowest BCUT2D eigenvalue weighted by Crippen LogP contribution is -2.40. The van der Waals surface area contributed by atoms with Crippen molar-refractivity contribution in [1.82, 2.24) is 4.90 Å². The zero-order valence-corrected chi connectivity index (χ0v) is 11.1. The summed E-state index contributed by atoms with van der Waals surface area (Å²) in [5.41, 5.74) is 0. The van der Waals surface area contributed by atoms with Crippen molar-refractivity contribution in [1.29, 1.82) is 5.26 Å². The Bertz CT molecular complexity index is 382. The summed E-state index contributed by atoms with van der Waals surface area (Å²) in [5.74, 6) is 2.56. The highest BCUT2D eigenvalue weighted by Crippen LogP contribution is 2.49. The predicted octanol–water partition coefficient (Wildman–Crippen LogP) is 2.72. The number of hydrogen-bond acceptors (Lipinski definition) is 2. The Balaban J connectivity index is 1.61. The molecule has 0 aromatic carbocycles. The van der Waals surface area contributed by atoms with Gasteiger partial charge in [-0.3, -0.25) is 4.79 Å². The van der Waals surface area contributed by atoms with Gasteiger partial charge in [-0.25, -0.2) is 0 Å². The predicted molar refractivity (Wildman–Crippen MR) is 68.5 cm³/mol. The molecule has 3 aliphatic rings. The summed E-state index contributed by atoms with van der Waals surface area (Å²) in [6.45, 7) is 1.86. The van der Waals surface area contributed by atoms with Gasteiger partial charge in [0.05, 0.1) is 6.07 Å². The third-order valence-electron chi connectivity index (χ3n) is 5.15. The van der Waals surface area contributed by atoms with Gasteiger partial charge in [0.1, 0.15) is 6.04 Å². The molecular formula is C15H22N2O. The number of carbonyl (C=O) groups excluding carboxylic acids is 1. The molecule has 0 radical (unpaired) electrons. The van der Waals surface area contributed by atoms with Crippen molar-refractivity contribution in [3.05, 3.63) is 0 Å². The summed E-state index contributed by atoms with van der Waals surface area (Å²) in [7, 11) is 0. The molecule has 2 bridgehead atoms. The van der Waals surface area contributed by atoms with Gasteiger partial charge in [0.15, 0.2) is 0 Å². The van der Waals surface area contributed by atoms with Crippen LogP contribution in [0.4, 0.5) is 0 Å². The van der Waals surface area contributed by atoms with E-state index in [2.05, 4.69) is 6.07 Å². The Labute approximate surface area is 109 Å². The third-order valence-corrected chi connectivity index (χ3v) is 5.15. The van der Waals surface area contributed by atoms with Gasteiger partial charge in [0.2, 0.25) is 5.91 Å². The molecule has 3 rings (SSSR count). The summed E-state index contributed by atoms with van der Waals surface area (Å²) in [6.07, 6.45) is 8.22. The minimum Gasteiger partial charge on any atom is -0.324 e. The molecule has 3 aliphatic carbocycles. The lowest BCUT2D eigenvalue weighted by atomic mass is 9.86. The third kappa shape index (κ3) is 2.13. The molecule has 0 spiro atoms. The largest absolute Gasteiger partial charge is 0.324 e. The van der Waals surface area contributed by atoms with Crippen LogP contribution in [0.15, 0.2) is 0 Å². The van der Waals surface area contributed by atoms with E-state index in [1.165, 1.54) is 25.7 Å². The molecule has 0 N–H and O–H groups in total. The molecule has 0 aromatic heterocycles. The molecule has 0 aliphatic heterocycles. The normalized spacial score (nSPS) is 35.2. The number of nitrogens with zero attached hydrogens (tertiary/aromatic N) is 2. The monoisotopic (exact) mass is 246 g/mol. The first kappa shape index (κ1) is 12.0. The smallest absolute Gasteiger partial charge is 0.224 e. The molecule has 1 amide bonds. The molecule has 0 aromatic rings. The highest BCUT2D eigenvalue weighted by atomic mass is 16.2. The maximum atomic E-state index is 12.4. The average Bonchev–Trinajstić information content (AvgIpc) is 2.96. The molecule has 3 saturated carbocycles. The zero-order chi connectivity index (χ0) is 12.7. The van der Waals surface area contributed by atoms with Crippen molar-refractivity contribution in [2.75, 3.05) is 0 Å². The summed E-state index contributed by atoms with van der Waals surface area (Å²) in [4.78, 5) is 14.3. The second-order valence-electron chi connectivity index (χ2n) is 6.48. The maximum Gasteiger partial charge on any atom is 0.224 e. The van der Waals surface area contributed by atoms with Gasteiger partial charge in [-0.1, -0.05) is 6.42 Å². The lowest BCUT2D eigenvalue weighted by Gasteiger charge is -2.28. The number of carbonyl (C=O) groups is 1. The summed E-state index contributed by atoms with van der Waals surface area (Å²) >= 11 is 0. The molecule has 0 saturated heterocycles. The van der Waals surface area contributed by atoms with Crippen LogP contribution in [0.25, 0.3) is 0 Å². The van der Waals surface area contributed by atoms with Crippen molar-refractivity contribution < 1.29 is 4.79 Å². The van der Waals surface area contributed by atoms with E-state index >= 15 is 0 Å². The van der Waals surface area contributed by atoms with Gasteiger partial charge in [-0.2, -0.15) is 5.26 Å². The minimum absolute atomic E-state index is 0.240. The highest BCUT2D eigenvalue weighted by Gasteiger charge is 2.42. The van der Waals surface area contributed by atoms with E-state index < -0.39 is 0 Å². The Hall–Kier alpha value is -1.04. The van der Waals surface area contributed by atoms with E-state index in [0.29, 0.717) is 18.4 Å². The van der Waals surface area contributed by atoms with Crippen molar-refractivity contribution in [2.24, 2.45) is 17.8 Å². The fourth-order valence-corrected chi connectivity index (χ4v) is 4.11. The average molecular weight is 246 g/mol. The van der Waals surface area contributed by atoms with Crippen LogP contribution in [0.5, 0.6) is 0 Å². The number of hydrogen-bond donors (Lipinski definition) is 0. The number of nitriles is 1. The van der Waals surface area contributed by atoms with Gasteiger partial charge in [-0.05, 0) is 56.8 Å². The molecule has 3 fully saturated rings. The second kappa shape index (κ2) is 4.57. The summed E-state index contributed by atoms with van der Waals surface area (Å²) in [6, 6.07) is 2.35. The molecule has 3 heteroatoms. The molecule has 4 unspecified atom stereocenters. The van der Waals surface area contributed by atoms with Crippen LogP contribution in [0.2, 0.25) is 0 Å². The van der Waals surface area contributed by atoms with Crippen molar-refractivity contribution >= 4 is 5.91 Å². The van der Waals surface area contributed by atoms with Crippen LogP contribution >= 0.6 is 0 Å². The van der Waals surface area contributed by atoms with Crippen molar-refractivity contribution in [3.63, 3.8) is 0 Å². The Morgan fingerprint density at radius 1 is 1.33 bits per heavy atom. The summed E-state index contributed by atoms with van der Waals surface area (Å²) in [5, 5.41) is 9.05. The van der Waals surface area contributed by atoms with E-state index in [0.717, 1.165) is 24.7 Å². The first-order valence-corrected chi connectivity index (χ1v) is 7.39. The van der Waals surface area contributed by atoms with Crippen molar-refractivity contribution in [2.45, 2.75) is 64.0 Å². The Morgan fingerprint density at radius 3 is 2.61 bits per heavy atom. The highest BCUT2D eigenvalue weighted by molar-refractivity contribution is 5.78. The molecular weight excluding hydrogens is 224 g/mol. The Morgan fingerprint density at radius 2 is 2.11 bits per heavy atom. The number of amides is 1. The molecule has 3 nitrogen and oxygen atoms in total. The first-order chi connectivity index (χ1) is 8.69. The van der Waals surface area contributed by atoms with Crippen LogP contribution in [0.1, 0.15) is 51.9 Å². The zero-order valence-electron chi connectivity index (χ0n) is 11.1. The van der Waals surface area contributed by atoms with Gasteiger partial charge >= 0.3 is 0 Å². The topological polar surface area (TPSA) is 44.1 Å². The molecule has 4 atom stereocenters. The van der Waals surface area contributed by atoms with E-state index in [9.17, 15) is 4.79 Å². The fourth-order valence-electron chi connectivity index (χ4n) is 4.11. The number of fused-ring (bicyclic) bond motifs is 2. The standard InChI is InChI=1S/C15H22N2O/c1-10(9-16)17(14-4-5-14)15(18)8-13-7-11-2-3-12(13)6-11/h10-14H,2-8H2,1H3. The van der Waals surface area contributed by atoms with E-state index in [-0.39, 0.29) is 11.9 Å². The van der Waals surface area contributed by atoms with Crippen LogP contribution in [-0.4, -0.2) is 22.9 Å². The van der Waals surface area contributed by atoms with Crippen molar-refractivity contribution in [3.8, 4) is 6.07 Å². The SMILES string of the molecule is CC(C#N)N(C(=O)CC1CC2CCC1C2)C1CC1. The van der Waals surface area contributed by atoms with Crippen LogP contribution in [0, 0.1) is 29.1 Å². The van der Waals surface area contributed by atoms with Gasteiger partial charge in [-0.15, -0.1) is 0 Å². The van der Waals surface area contributed by atoms with E-state index in [4.69, 9.17) is 5.26 Å². The second-order valence-corrected chi connectivity index (χ2v) is 6.48. The van der Waals surface area contributed by atoms with E-state index in [1.54, 1.807) is 0 Å². The molecule has 18 heavy (non-hydrogen) atoms. The minimum atomic E-state index is -0.247. The fraction of sp³-hybridized carbons (Fsp3) is 0.867. The lowest BCUT2D eigenvalue weighted by molar-refractivity contribution is -0.134. The van der Waals surface area contributed by atoms with Crippen LogP contribution in [-0.2, 0) is 4.79 Å². The van der Waals surface area contributed by atoms with Crippen LogP contribution in [0.3, 0.4) is 0 Å². The maximum absolute atomic E-state index is 12.4.